The molecule has 25 heavy (non-hydrogen) atoms. The van der Waals surface area contributed by atoms with E-state index < -0.39 is 0 Å². The van der Waals surface area contributed by atoms with Gasteiger partial charge in [-0.2, -0.15) is 5.10 Å². The van der Waals surface area contributed by atoms with Gasteiger partial charge in [-0.1, -0.05) is 18.2 Å². The number of para-hydroxylation sites is 1. The third kappa shape index (κ3) is 4.48. The Morgan fingerprint density at radius 1 is 1.32 bits per heavy atom. The second-order valence-electron chi connectivity index (χ2n) is 6.50. The van der Waals surface area contributed by atoms with Gasteiger partial charge >= 0.3 is 0 Å². The zero-order valence-electron chi connectivity index (χ0n) is 14.8. The second kappa shape index (κ2) is 7.53. The lowest BCUT2D eigenvalue weighted by molar-refractivity contribution is -0.121. The molecule has 0 aliphatic carbocycles. The first-order valence-corrected chi connectivity index (χ1v) is 8.51. The van der Waals surface area contributed by atoms with Gasteiger partial charge in [0.25, 0.3) is 0 Å². The summed E-state index contributed by atoms with van der Waals surface area (Å²) in [4.78, 5) is 12.2. The summed E-state index contributed by atoms with van der Waals surface area (Å²) in [5.74, 6) is 0.700. The number of aryl methyl sites for hydroxylation is 1. The Labute approximate surface area is 147 Å². The number of rotatable bonds is 7. The molecule has 0 fully saturated rings. The van der Waals surface area contributed by atoms with Crippen molar-refractivity contribution < 1.29 is 9.21 Å². The Morgan fingerprint density at radius 3 is 2.84 bits per heavy atom. The molecule has 2 N–H and O–H groups in total. The maximum absolute atomic E-state index is 12.2. The highest BCUT2D eigenvalue weighted by Gasteiger charge is 2.14. The molecule has 1 aromatic carbocycles. The van der Waals surface area contributed by atoms with Gasteiger partial charge in [0.2, 0.25) is 5.91 Å². The van der Waals surface area contributed by atoms with E-state index in [0.717, 1.165) is 28.8 Å². The lowest BCUT2D eigenvalue weighted by Gasteiger charge is -2.15. The lowest BCUT2D eigenvalue weighted by atomic mass is 10.2. The van der Waals surface area contributed by atoms with Gasteiger partial charge in [0.15, 0.2) is 0 Å². The molecule has 0 spiro atoms. The minimum atomic E-state index is -0.175. The molecule has 0 aliphatic rings. The van der Waals surface area contributed by atoms with Crippen LogP contribution in [0.4, 0.5) is 0 Å². The van der Waals surface area contributed by atoms with Crippen molar-refractivity contribution >= 4 is 16.9 Å². The van der Waals surface area contributed by atoms with Crippen molar-refractivity contribution in [2.24, 2.45) is 0 Å². The van der Waals surface area contributed by atoms with Crippen LogP contribution < -0.4 is 10.6 Å². The summed E-state index contributed by atoms with van der Waals surface area (Å²) in [7, 11) is 0. The predicted octanol–water partition coefficient (Wildman–Crippen LogP) is 2.79. The van der Waals surface area contributed by atoms with Crippen LogP contribution in [0.3, 0.4) is 0 Å². The molecule has 2 aromatic heterocycles. The van der Waals surface area contributed by atoms with Crippen LogP contribution in [0.25, 0.3) is 11.0 Å². The van der Waals surface area contributed by atoms with Crippen molar-refractivity contribution in [3.8, 4) is 0 Å². The molecular formula is C19H24N4O2. The molecule has 0 bridgehead atoms. The molecule has 0 radical (unpaired) electrons. The highest BCUT2D eigenvalue weighted by Crippen LogP contribution is 2.23. The third-order valence-corrected chi connectivity index (χ3v) is 4.08. The normalized spacial score (nSPS) is 13.7. The van der Waals surface area contributed by atoms with E-state index in [1.54, 1.807) is 0 Å². The molecule has 0 unspecified atom stereocenters. The largest absolute Gasteiger partial charge is 0.459 e. The summed E-state index contributed by atoms with van der Waals surface area (Å²) >= 11 is 0. The Balaban J connectivity index is 1.48. The molecule has 6 nitrogen and oxygen atoms in total. The van der Waals surface area contributed by atoms with E-state index in [0.29, 0.717) is 0 Å². The van der Waals surface area contributed by atoms with Gasteiger partial charge in [-0.05, 0) is 38.5 Å². The molecule has 6 heteroatoms. The van der Waals surface area contributed by atoms with Crippen molar-refractivity contribution in [1.82, 2.24) is 20.4 Å². The average Bonchev–Trinajstić information content (AvgIpc) is 3.19. The van der Waals surface area contributed by atoms with Gasteiger partial charge in [-0.15, -0.1) is 0 Å². The zero-order valence-corrected chi connectivity index (χ0v) is 14.8. The summed E-state index contributed by atoms with van der Waals surface area (Å²) in [5.41, 5.74) is 1.96. The van der Waals surface area contributed by atoms with E-state index >= 15 is 0 Å². The summed E-state index contributed by atoms with van der Waals surface area (Å²) in [6.07, 6.45) is 3.82. The number of furan rings is 1. The molecule has 132 valence electrons. The first kappa shape index (κ1) is 17.2. The number of benzene rings is 1. The maximum atomic E-state index is 12.2. The van der Waals surface area contributed by atoms with Gasteiger partial charge in [0.05, 0.1) is 25.3 Å². The number of nitrogens with one attached hydrogen (secondary N) is 2. The topological polar surface area (TPSA) is 72.1 Å². The molecule has 2 heterocycles. The van der Waals surface area contributed by atoms with Crippen molar-refractivity contribution in [3.05, 3.63) is 54.0 Å². The average molecular weight is 340 g/mol. The highest BCUT2D eigenvalue weighted by atomic mass is 16.3. The molecule has 2 atom stereocenters. The minimum absolute atomic E-state index is 0.0588. The Morgan fingerprint density at radius 2 is 2.12 bits per heavy atom. The van der Waals surface area contributed by atoms with Crippen LogP contribution in [-0.2, 0) is 11.3 Å². The van der Waals surface area contributed by atoms with E-state index in [1.165, 1.54) is 0 Å². The van der Waals surface area contributed by atoms with E-state index in [9.17, 15) is 4.79 Å². The quantitative estimate of drug-likeness (QED) is 0.694. The number of fused-ring (bicyclic) bond motifs is 1. The first-order valence-electron chi connectivity index (χ1n) is 8.51. The van der Waals surface area contributed by atoms with Crippen molar-refractivity contribution in [2.75, 3.05) is 6.54 Å². The van der Waals surface area contributed by atoms with E-state index in [-0.39, 0.29) is 24.5 Å². The number of carbonyl (C=O) groups excluding carboxylic acids is 1. The van der Waals surface area contributed by atoms with Crippen molar-refractivity contribution in [2.45, 2.75) is 39.4 Å². The smallest absolute Gasteiger partial charge is 0.234 e. The first-order chi connectivity index (χ1) is 12.0. The van der Waals surface area contributed by atoms with Crippen LogP contribution in [0, 0.1) is 6.92 Å². The van der Waals surface area contributed by atoms with Gasteiger partial charge < -0.3 is 15.1 Å². The van der Waals surface area contributed by atoms with Gasteiger partial charge in [-0.25, -0.2) is 0 Å². The standard InChI is InChI=1S/C19H24N4O2/c1-13-9-21-23(11-13)12-14(2)20-10-19(24)22-15(3)18-8-16-6-4-5-7-17(16)25-18/h4-9,11,14-15,20H,10,12H2,1-3H3,(H,22,24)/t14-,15+/m0/s1. The highest BCUT2D eigenvalue weighted by molar-refractivity contribution is 5.80. The molecule has 3 rings (SSSR count). The van der Waals surface area contributed by atoms with Crippen LogP contribution in [0.1, 0.15) is 31.2 Å². The van der Waals surface area contributed by atoms with E-state index in [1.807, 2.05) is 68.2 Å². The fraction of sp³-hybridized carbons (Fsp3) is 0.368. The third-order valence-electron chi connectivity index (χ3n) is 4.08. The summed E-state index contributed by atoms with van der Waals surface area (Å²) in [5, 5.41) is 11.5. The van der Waals surface area contributed by atoms with Crippen LogP contribution in [0.2, 0.25) is 0 Å². The monoisotopic (exact) mass is 340 g/mol. The van der Waals surface area contributed by atoms with Crippen LogP contribution in [0.15, 0.2) is 47.1 Å². The fourth-order valence-electron chi connectivity index (χ4n) is 2.76. The number of hydrogen-bond acceptors (Lipinski definition) is 4. The van der Waals surface area contributed by atoms with Crippen molar-refractivity contribution in [1.29, 1.82) is 0 Å². The van der Waals surface area contributed by atoms with E-state index in [2.05, 4.69) is 15.7 Å². The molecule has 0 saturated heterocycles. The zero-order chi connectivity index (χ0) is 17.8. The van der Waals surface area contributed by atoms with Gasteiger partial charge in [0, 0.05) is 17.6 Å². The minimum Gasteiger partial charge on any atom is -0.459 e. The summed E-state index contributed by atoms with van der Waals surface area (Å²) < 4.78 is 7.67. The molecule has 1 amide bonds. The molecule has 0 saturated carbocycles. The number of aromatic nitrogens is 2. The Kier molecular flexibility index (Phi) is 5.19. The predicted molar refractivity (Wildman–Crippen MR) is 97.2 cm³/mol. The number of carbonyl (C=O) groups is 1. The molecule has 3 aromatic rings. The lowest BCUT2D eigenvalue weighted by Crippen LogP contribution is -2.40. The molecular weight excluding hydrogens is 316 g/mol. The van der Waals surface area contributed by atoms with Gasteiger partial charge in [-0.3, -0.25) is 9.48 Å². The van der Waals surface area contributed by atoms with Crippen LogP contribution in [-0.4, -0.2) is 28.3 Å². The Bertz CT molecular complexity index is 819. The second-order valence-corrected chi connectivity index (χ2v) is 6.50. The summed E-state index contributed by atoms with van der Waals surface area (Å²) in [6, 6.07) is 9.77. The van der Waals surface area contributed by atoms with Crippen LogP contribution in [0.5, 0.6) is 0 Å². The number of hydrogen-bond donors (Lipinski definition) is 2. The number of nitrogens with zero attached hydrogens (tertiary/aromatic N) is 2. The van der Waals surface area contributed by atoms with Gasteiger partial charge in [0.1, 0.15) is 11.3 Å². The molecule has 0 aliphatic heterocycles. The Hall–Kier alpha value is -2.60. The SMILES string of the molecule is Cc1cnn(C[C@H](C)NCC(=O)N[C@H](C)c2cc3ccccc3o2)c1. The van der Waals surface area contributed by atoms with E-state index in [4.69, 9.17) is 4.42 Å². The number of amides is 1. The van der Waals surface area contributed by atoms with Crippen molar-refractivity contribution in [3.63, 3.8) is 0 Å². The van der Waals surface area contributed by atoms with Crippen LogP contribution >= 0.6 is 0 Å². The fourth-order valence-corrected chi connectivity index (χ4v) is 2.76. The summed E-state index contributed by atoms with van der Waals surface area (Å²) in [6.45, 7) is 6.94. The maximum Gasteiger partial charge on any atom is 0.234 e.